The molecule has 3 rings (SSSR count). The molecule has 0 radical (unpaired) electrons. The molecule has 98 valence electrons. The number of anilines is 1. The van der Waals surface area contributed by atoms with E-state index in [2.05, 4.69) is 30.0 Å². The molecular formula is C16H24N2. The fourth-order valence-electron chi connectivity index (χ4n) is 3.30. The van der Waals surface area contributed by atoms with Crippen LogP contribution in [0.15, 0.2) is 18.2 Å². The lowest BCUT2D eigenvalue weighted by Gasteiger charge is -2.29. The highest BCUT2D eigenvalue weighted by molar-refractivity contribution is 5.47. The molecule has 1 aromatic rings. The zero-order valence-electron chi connectivity index (χ0n) is 11.4. The molecule has 1 atom stereocenters. The molecule has 2 nitrogen and oxygen atoms in total. The van der Waals surface area contributed by atoms with E-state index in [1.165, 1.54) is 50.6 Å². The first kappa shape index (κ1) is 12.0. The number of nitrogens with zero attached hydrogens (tertiary/aromatic N) is 1. The summed E-state index contributed by atoms with van der Waals surface area (Å²) in [5.74, 6) is 0. The maximum atomic E-state index is 5.89. The average Bonchev–Trinajstić information content (AvgIpc) is 3.12. The number of hydrogen-bond donors (Lipinski definition) is 1. The van der Waals surface area contributed by atoms with Crippen LogP contribution in [0.2, 0.25) is 0 Å². The molecule has 0 aliphatic heterocycles. The van der Waals surface area contributed by atoms with Crippen molar-refractivity contribution in [2.75, 3.05) is 12.3 Å². The maximum absolute atomic E-state index is 5.89. The number of fused-ring (bicyclic) bond motifs is 1. The number of unbranched alkanes of at least 4 members (excludes halogenated alkanes) is 1. The SMILES string of the molecule is CCCCN(C1CC1)C1CCc2cc(N)ccc21. The van der Waals surface area contributed by atoms with E-state index in [1.807, 2.05) is 0 Å². The van der Waals surface area contributed by atoms with Gasteiger partial charge >= 0.3 is 0 Å². The van der Waals surface area contributed by atoms with Crippen molar-refractivity contribution in [1.29, 1.82) is 0 Å². The minimum Gasteiger partial charge on any atom is -0.399 e. The van der Waals surface area contributed by atoms with Gasteiger partial charge in [-0.05, 0) is 61.9 Å². The summed E-state index contributed by atoms with van der Waals surface area (Å²) >= 11 is 0. The lowest BCUT2D eigenvalue weighted by Crippen LogP contribution is -2.30. The van der Waals surface area contributed by atoms with E-state index in [0.717, 1.165) is 11.7 Å². The molecular weight excluding hydrogens is 220 g/mol. The number of aryl methyl sites for hydroxylation is 1. The normalized spacial score (nSPS) is 22.4. The standard InChI is InChI=1S/C16H24N2/c1-2-3-10-18(14-6-7-14)16-9-4-12-11-13(17)5-8-15(12)16/h5,8,11,14,16H,2-4,6-7,9-10,17H2,1H3. The van der Waals surface area contributed by atoms with Crippen molar-refractivity contribution < 1.29 is 0 Å². The van der Waals surface area contributed by atoms with Gasteiger partial charge in [0, 0.05) is 17.8 Å². The molecule has 0 aromatic heterocycles. The Morgan fingerprint density at radius 2 is 2.11 bits per heavy atom. The van der Waals surface area contributed by atoms with E-state index < -0.39 is 0 Å². The van der Waals surface area contributed by atoms with E-state index in [9.17, 15) is 0 Å². The van der Waals surface area contributed by atoms with Crippen LogP contribution in [0, 0.1) is 0 Å². The number of nitrogens with two attached hydrogens (primary N) is 1. The molecule has 1 unspecified atom stereocenters. The molecule has 0 heterocycles. The Labute approximate surface area is 110 Å². The Hall–Kier alpha value is -1.02. The van der Waals surface area contributed by atoms with Gasteiger partial charge in [-0.1, -0.05) is 19.4 Å². The first-order valence-corrected chi connectivity index (χ1v) is 7.43. The van der Waals surface area contributed by atoms with Crippen molar-refractivity contribution in [3.8, 4) is 0 Å². The quantitative estimate of drug-likeness (QED) is 0.803. The van der Waals surface area contributed by atoms with Gasteiger partial charge in [0.05, 0.1) is 0 Å². The highest BCUT2D eigenvalue weighted by Gasteiger charge is 2.36. The molecule has 2 N–H and O–H groups in total. The molecule has 2 aliphatic carbocycles. The molecule has 0 spiro atoms. The summed E-state index contributed by atoms with van der Waals surface area (Å²) in [4.78, 5) is 2.77. The van der Waals surface area contributed by atoms with Crippen LogP contribution < -0.4 is 5.73 Å². The fourth-order valence-corrected chi connectivity index (χ4v) is 3.30. The van der Waals surface area contributed by atoms with Gasteiger partial charge in [0.25, 0.3) is 0 Å². The Balaban J connectivity index is 1.80. The van der Waals surface area contributed by atoms with Gasteiger partial charge < -0.3 is 5.73 Å². The average molecular weight is 244 g/mol. The first-order valence-electron chi connectivity index (χ1n) is 7.43. The second kappa shape index (κ2) is 4.93. The third-order valence-corrected chi connectivity index (χ3v) is 4.40. The summed E-state index contributed by atoms with van der Waals surface area (Å²) in [5, 5.41) is 0. The smallest absolute Gasteiger partial charge is 0.0356 e. The van der Waals surface area contributed by atoms with Crippen molar-refractivity contribution in [1.82, 2.24) is 4.90 Å². The van der Waals surface area contributed by atoms with E-state index in [-0.39, 0.29) is 0 Å². The van der Waals surface area contributed by atoms with Gasteiger partial charge in [-0.3, -0.25) is 4.90 Å². The van der Waals surface area contributed by atoms with Gasteiger partial charge in [-0.25, -0.2) is 0 Å². The van der Waals surface area contributed by atoms with Gasteiger partial charge in [-0.15, -0.1) is 0 Å². The summed E-state index contributed by atoms with van der Waals surface area (Å²) in [7, 11) is 0. The van der Waals surface area contributed by atoms with E-state index in [1.54, 1.807) is 5.56 Å². The molecule has 2 aliphatic rings. The topological polar surface area (TPSA) is 29.3 Å². The van der Waals surface area contributed by atoms with Crippen LogP contribution in [0.1, 0.15) is 56.2 Å². The summed E-state index contributed by atoms with van der Waals surface area (Å²) in [6.07, 6.45) is 7.94. The first-order chi connectivity index (χ1) is 8.79. The van der Waals surface area contributed by atoms with E-state index >= 15 is 0 Å². The molecule has 1 fully saturated rings. The maximum Gasteiger partial charge on any atom is 0.0356 e. The van der Waals surface area contributed by atoms with E-state index in [4.69, 9.17) is 5.73 Å². The van der Waals surface area contributed by atoms with Crippen LogP contribution in [0.5, 0.6) is 0 Å². The van der Waals surface area contributed by atoms with Gasteiger partial charge in [0.1, 0.15) is 0 Å². The van der Waals surface area contributed by atoms with Crippen molar-refractivity contribution >= 4 is 5.69 Å². The minimum absolute atomic E-state index is 0.666. The molecule has 1 saturated carbocycles. The number of benzene rings is 1. The molecule has 1 aromatic carbocycles. The van der Waals surface area contributed by atoms with Gasteiger partial charge in [-0.2, -0.15) is 0 Å². The predicted molar refractivity (Wildman–Crippen MR) is 76.6 cm³/mol. The second-order valence-electron chi connectivity index (χ2n) is 5.84. The Morgan fingerprint density at radius 1 is 1.28 bits per heavy atom. The largest absolute Gasteiger partial charge is 0.399 e. The summed E-state index contributed by atoms with van der Waals surface area (Å²) in [6.45, 7) is 3.56. The lowest BCUT2D eigenvalue weighted by molar-refractivity contribution is 0.183. The van der Waals surface area contributed by atoms with Crippen molar-refractivity contribution in [2.45, 2.75) is 57.5 Å². The van der Waals surface area contributed by atoms with Gasteiger partial charge in [0.2, 0.25) is 0 Å². The highest BCUT2D eigenvalue weighted by atomic mass is 15.2. The second-order valence-corrected chi connectivity index (χ2v) is 5.84. The number of rotatable bonds is 5. The minimum atomic E-state index is 0.666. The molecule has 0 saturated heterocycles. The van der Waals surface area contributed by atoms with Crippen LogP contribution in [-0.4, -0.2) is 17.5 Å². The van der Waals surface area contributed by atoms with Crippen LogP contribution in [0.25, 0.3) is 0 Å². The summed E-state index contributed by atoms with van der Waals surface area (Å²) in [5.41, 5.74) is 9.85. The number of hydrogen-bond acceptors (Lipinski definition) is 2. The van der Waals surface area contributed by atoms with Crippen LogP contribution in [0.3, 0.4) is 0 Å². The molecule has 2 heteroatoms. The van der Waals surface area contributed by atoms with Crippen molar-refractivity contribution in [2.24, 2.45) is 0 Å². The van der Waals surface area contributed by atoms with Crippen LogP contribution >= 0.6 is 0 Å². The van der Waals surface area contributed by atoms with Gasteiger partial charge in [0.15, 0.2) is 0 Å². The third-order valence-electron chi connectivity index (χ3n) is 4.40. The summed E-state index contributed by atoms with van der Waals surface area (Å²) < 4.78 is 0. The fraction of sp³-hybridized carbons (Fsp3) is 0.625. The Bertz CT molecular complexity index is 423. The third kappa shape index (κ3) is 2.26. The predicted octanol–water partition coefficient (Wildman–Crippen LogP) is 3.52. The monoisotopic (exact) mass is 244 g/mol. The molecule has 0 amide bonds. The molecule has 0 bridgehead atoms. The Morgan fingerprint density at radius 3 is 2.83 bits per heavy atom. The van der Waals surface area contributed by atoms with E-state index in [0.29, 0.717) is 6.04 Å². The van der Waals surface area contributed by atoms with Crippen LogP contribution in [0.4, 0.5) is 5.69 Å². The number of nitrogen functional groups attached to an aromatic ring is 1. The van der Waals surface area contributed by atoms with Crippen molar-refractivity contribution in [3.63, 3.8) is 0 Å². The lowest BCUT2D eigenvalue weighted by atomic mass is 10.1. The highest BCUT2D eigenvalue weighted by Crippen LogP contribution is 2.42. The zero-order valence-corrected chi connectivity index (χ0v) is 11.4. The van der Waals surface area contributed by atoms with Crippen LogP contribution in [-0.2, 0) is 6.42 Å². The van der Waals surface area contributed by atoms with Crippen molar-refractivity contribution in [3.05, 3.63) is 29.3 Å². The zero-order chi connectivity index (χ0) is 12.5. The molecule has 18 heavy (non-hydrogen) atoms. The Kier molecular flexibility index (Phi) is 3.29. The summed E-state index contributed by atoms with van der Waals surface area (Å²) in [6, 6.07) is 8.05.